The zero-order valence-corrected chi connectivity index (χ0v) is 11.3. The van der Waals surface area contributed by atoms with Gasteiger partial charge in [0.2, 0.25) is 0 Å². The minimum Gasteiger partial charge on any atom is -0.384 e. The van der Waals surface area contributed by atoms with Gasteiger partial charge in [-0.1, -0.05) is 44.2 Å². The van der Waals surface area contributed by atoms with Crippen molar-refractivity contribution in [2.75, 3.05) is 26.8 Å². The summed E-state index contributed by atoms with van der Waals surface area (Å²) in [4.78, 5) is 0. The summed E-state index contributed by atoms with van der Waals surface area (Å²) < 4.78 is 5.29. The van der Waals surface area contributed by atoms with E-state index in [2.05, 4.69) is 49.5 Å². The van der Waals surface area contributed by atoms with Crippen LogP contribution in [0.4, 0.5) is 0 Å². The van der Waals surface area contributed by atoms with E-state index >= 15 is 0 Å². The van der Waals surface area contributed by atoms with Gasteiger partial charge in [-0.15, -0.1) is 0 Å². The minimum absolute atomic E-state index is 0.557. The highest BCUT2D eigenvalue weighted by Gasteiger charge is 2.09. The molecule has 0 fully saturated rings. The van der Waals surface area contributed by atoms with Crippen molar-refractivity contribution < 1.29 is 4.74 Å². The van der Waals surface area contributed by atoms with E-state index in [1.807, 2.05) is 0 Å². The number of methoxy groups -OCH3 is 1. The van der Waals surface area contributed by atoms with E-state index in [1.165, 1.54) is 5.56 Å². The molecule has 0 aromatic heterocycles. The summed E-state index contributed by atoms with van der Waals surface area (Å²) in [5.41, 5.74) is 1.39. The molecule has 1 unspecified atom stereocenters. The van der Waals surface area contributed by atoms with Crippen LogP contribution >= 0.6 is 0 Å². The van der Waals surface area contributed by atoms with Gasteiger partial charge in [0.25, 0.3) is 0 Å². The van der Waals surface area contributed by atoms with Gasteiger partial charge in [0.1, 0.15) is 0 Å². The molecule has 0 saturated heterocycles. The SMILES string of the molecule is COCC(CNCC(C)C)Cc1ccccc1. The molecule has 17 heavy (non-hydrogen) atoms. The summed E-state index contributed by atoms with van der Waals surface area (Å²) in [6, 6.07) is 10.6. The first-order valence-corrected chi connectivity index (χ1v) is 6.46. The predicted octanol–water partition coefficient (Wildman–Crippen LogP) is 2.74. The van der Waals surface area contributed by atoms with E-state index in [1.54, 1.807) is 7.11 Å². The van der Waals surface area contributed by atoms with E-state index < -0.39 is 0 Å². The topological polar surface area (TPSA) is 21.3 Å². The molecule has 2 heteroatoms. The maximum atomic E-state index is 5.29. The van der Waals surface area contributed by atoms with Crippen LogP contribution in [-0.4, -0.2) is 26.8 Å². The van der Waals surface area contributed by atoms with Crippen LogP contribution in [0.25, 0.3) is 0 Å². The number of rotatable bonds is 8. The Labute approximate surface area is 105 Å². The quantitative estimate of drug-likeness (QED) is 0.748. The van der Waals surface area contributed by atoms with Crippen molar-refractivity contribution in [3.05, 3.63) is 35.9 Å². The van der Waals surface area contributed by atoms with Crippen molar-refractivity contribution in [2.45, 2.75) is 20.3 Å². The van der Waals surface area contributed by atoms with Gasteiger partial charge in [0.15, 0.2) is 0 Å². The van der Waals surface area contributed by atoms with Crippen LogP contribution in [0.2, 0.25) is 0 Å². The van der Waals surface area contributed by atoms with Gasteiger partial charge >= 0.3 is 0 Å². The molecule has 1 aromatic carbocycles. The Hall–Kier alpha value is -0.860. The Balaban J connectivity index is 2.37. The van der Waals surface area contributed by atoms with Gasteiger partial charge in [0.05, 0.1) is 6.61 Å². The van der Waals surface area contributed by atoms with E-state index in [-0.39, 0.29) is 0 Å². The summed E-state index contributed by atoms with van der Waals surface area (Å²) in [7, 11) is 1.78. The summed E-state index contributed by atoms with van der Waals surface area (Å²) in [5, 5.41) is 3.51. The van der Waals surface area contributed by atoms with Crippen molar-refractivity contribution in [1.29, 1.82) is 0 Å². The Morgan fingerprint density at radius 2 is 1.82 bits per heavy atom. The third-order valence-electron chi connectivity index (χ3n) is 2.76. The monoisotopic (exact) mass is 235 g/mol. The predicted molar refractivity (Wildman–Crippen MR) is 73.2 cm³/mol. The highest BCUT2D eigenvalue weighted by molar-refractivity contribution is 5.15. The van der Waals surface area contributed by atoms with Crippen molar-refractivity contribution in [2.24, 2.45) is 11.8 Å². The fraction of sp³-hybridized carbons (Fsp3) is 0.600. The molecule has 96 valence electrons. The second-order valence-corrected chi connectivity index (χ2v) is 5.06. The van der Waals surface area contributed by atoms with Crippen LogP contribution in [0.1, 0.15) is 19.4 Å². The Morgan fingerprint density at radius 3 is 2.41 bits per heavy atom. The molecule has 0 radical (unpaired) electrons. The largest absolute Gasteiger partial charge is 0.384 e. The average Bonchev–Trinajstić information content (AvgIpc) is 2.30. The molecule has 0 saturated carbocycles. The molecule has 0 aliphatic heterocycles. The summed E-state index contributed by atoms with van der Waals surface area (Å²) in [6.07, 6.45) is 1.08. The molecule has 0 bridgehead atoms. The van der Waals surface area contributed by atoms with Crippen LogP contribution < -0.4 is 5.32 Å². The van der Waals surface area contributed by atoms with Crippen LogP contribution in [0.3, 0.4) is 0 Å². The highest BCUT2D eigenvalue weighted by atomic mass is 16.5. The number of hydrogen-bond donors (Lipinski definition) is 1. The molecule has 0 spiro atoms. The third kappa shape index (κ3) is 6.44. The molecule has 2 nitrogen and oxygen atoms in total. The second kappa shape index (κ2) is 8.26. The average molecular weight is 235 g/mol. The van der Waals surface area contributed by atoms with Crippen molar-refractivity contribution in [1.82, 2.24) is 5.32 Å². The summed E-state index contributed by atoms with van der Waals surface area (Å²) in [6.45, 7) is 7.39. The maximum Gasteiger partial charge on any atom is 0.0505 e. The first kappa shape index (κ1) is 14.2. The van der Waals surface area contributed by atoms with Crippen LogP contribution in [0.5, 0.6) is 0 Å². The molecule has 1 N–H and O–H groups in total. The first-order chi connectivity index (χ1) is 8.22. The van der Waals surface area contributed by atoms with Gasteiger partial charge < -0.3 is 10.1 Å². The number of hydrogen-bond acceptors (Lipinski definition) is 2. The van der Waals surface area contributed by atoms with Gasteiger partial charge in [-0.3, -0.25) is 0 Å². The zero-order chi connectivity index (χ0) is 12.5. The Morgan fingerprint density at radius 1 is 1.12 bits per heavy atom. The fourth-order valence-corrected chi connectivity index (χ4v) is 1.95. The number of ether oxygens (including phenoxy) is 1. The van der Waals surface area contributed by atoms with Crippen LogP contribution in [0, 0.1) is 11.8 Å². The molecule has 1 aromatic rings. The van der Waals surface area contributed by atoms with Gasteiger partial charge in [-0.25, -0.2) is 0 Å². The molecular formula is C15H25NO. The molecule has 0 heterocycles. The van der Waals surface area contributed by atoms with Crippen molar-refractivity contribution in [3.8, 4) is 0 Å². The molecule has 0 aliphatic rings. The molecule has 1 rings (SSSR count). The number of nitrogens with one attached hydrogen (secondary N) is 1. The summed E-state index contributed by atoms with van der Waals surface area (Å²) >= 11 is 0. The third-order valence-corrected chi connectivity index (χ3v) is 2.76. The lowest BCUT2D eigenvalue weighted by Gasteiger charge is -2.17. The number of benzene rings is 1. The van der Waals surface area contributed by atoms with Gasteiger partial charge in [0, 0.05) is 13.7 Å². The molecular weight excluding hydrogens is 210 g/mol. The van der Waals surface area contributed by atoms with Crippen LogP contribution in [-0.2, 0) is 11.2 Å². The second-order valence-electron chi connectivity index (χ2n) is 5.06. The standard InChI is InChI=1S/C15H25NO/c1-13(2)10-16-11-15(12-17-3)9-14-7-5-4-6-8-14/h4-8,13,15-16H,9-12H2,1-3H3. The van der Waals surface area contributed by atoms with Gasteiger partial charge in [-0.05, 0) is 30.4 Å². The van der Waals surface area contributed by atoms with Gasteiger partial charge in [-0.2, -0.15) is 0 Å². The maximum absolute atomic E-state index is 5.29. The lowest BCUT2D eigenvalue weighted by Crippen LogP contribution is -2.29. The van der Waals surface area contributed by atoms with Crippen LogP contribution in [0.15, 0.2) is 30.3 Å². The Bertz CT molecular complexity index is 284. The first-order valence-electron chi connectivity index (χ1n) is 6.46. The van der Waals surface area contributed by atoms with E-state index in [9.17, 15) is 0 Å². The lowest BCUT2D eigenvalue weighted by atomic mass is 10.00. The van der Waals surface area contributed by atoms with E-state index in [0.29, 0.717) is 11.8 Å². The normalized spacial score (nSPS) is 12.9. The lowest BCUT2D eigenvalue weighted by molar-refractivity contribution is 0.150. The zero-order valence-electron chi connectivity index (χ0n) is 11.3. The molecule has 0 aliphatic carbocycles. The minimum atomic E-state index is 0.557. The highest BCUT2D eigenvalue weighted by Crippen LogP contribution is 2.08. The van der Waals surface area contributed by atoms with E-state index in [0.717, 1.165) is 26.1 Å². The fourth-order valence-electron chi connectivity index (χ4n) is 1.95. The molecule has 1 atom stereocenters. The van der Waals surface area contributed by atoms with Crippen molar-refractivity contribution >= 4 is 0 Å². The Kier molecular flexibility index (Phi) is 6.90. The van der Waals surface area contributed by atoms with Crippen molar-refractivity contribution in [3.63, 3.8) is 0 Å². The smallest absolute Gasteiger partial charge is 0.0505 e. The van der Waals surface area contributed by atoms with E-state index in [4.69, 9.17) is 4.74 Å². The molecule has 0 amide bonds. The summed E-state index contributed by atoms with van der Waals surface area (Å²) in [5.74, 6) is 1.26.